The van der Waals surface area contributed by atoms with Crippen LogP contribution in [0.5, 0.6) is 11.5 Å². The molecule has 4 heteroatoms. The summed E-state index contributed by atoms with van der Waals surface area (Å²) in [6.45, 7) is 2.18. The molecule has 1 N–H and O–H groups in total. The fourth-order valence-electron chi connectivity index (χ4n) is 1.85. The Labute approximate surface area is 132 Å². The minimum Gasteiger partial charge on any atom is -0.497 e. The number of benzene rings is 2. The van der Waals surface area contributed by atoms with Crippen LogP contribution in [0.25, 0.3) is 0 Å². The second kappa shape index (κ2) is 6.95. The summed E-state index contributed by atoms with van der Waals surface area (Å²) in [6, 6.07) is 13.6. The van der Waals surface area contributed by atoms with Gasteiger partial charge in [-0.3, -0.25) is 0 Å². The number of aliphatic hydroxyl groups is 1. The van der Waals surface area contributed by atoms with Gasteiger partial charge in [0.25, 0.3) is 0 Å². The highest BCUT2D eigenvalue weighted by molar-refractivity contribution is 14.1. The first-order valence-corrected chi connectivity index (χ1v) is 7.41. The zero-order valence-corrected chi connectivity index (χ0v) is 13.6. The molecular formula is C16H17IO3. The normalized spacial score (nSPS) is 12.0. The van der Waals surface area contributed by atoms with Gasteiger partial charge in [-0.1, -0.05) is 12.1 Å². The Balaban J connectivity index is 2.16. The smallest absolute Gasteiger partial charge is 0.129 e. The van der Waals surface area contributed by atoms with Gasteiger partial charge in [0.2, 0.25) is 0 Å². The molecule has 0 bridgehead atoms. The van der Waals surface area contributed by atoms with Crippen LogP contribution >= 0.6 is 22.6 Å². The molecule has 3 nitrogen and oxygen atoms in total. The minimum atomic E-state index is -0.576. The van der Waals surface area contributed by atoms with E-state index in [1.54, 1.807) is 20.1 Å². The highest BCUT2D eigenvalue weighted by Crippen LogP contribution is 2.30. The lowest BCUT2D eigenvalue weighted by atomic mass is 10.1. The molecule has 0 aliphatic heterocycles. The first-order valence-electron chi connectivity index (χ1n) is 6.33. The summed E-state index contributed by atoms with van der Waals surface area (Å²) in [4.78, 5) is 0. The third kappa shape index (κ3) is 3.86. The first-order chi connectivity index (χ1) is 9.60. The van der Waals surface area contributed by atoms with Crippen molar-refractivity contribution in [3.63, 3.8) is 0 Å². The highest BCUT2D eigenvalue weighted by Gasteiger charge is 2.10. The number of rotatable bonds is 5. The molecule has 0 fully saturated rings. The number of hydrogen-bond donors (Lipinski definition) is 1. The number of methoxy groups -OCH3 is 1. The van der Waals surface area contributed by atoms with E-state index in [9.17, 15) is 5.11 Å². The Kier molecular flexibility index (Phi) is 5.25. The van der Waals surface area contributed by atoms with Gasteiger partial charge in [-0.15, -0.1) is 0 Å². The monoisotopic (exact) mass is 384 g/mol. The fraction of sp³-hybridized carbons (Fsp3) is 0.250. The van der Waals surface area contributed by atoms with Crippen molar-refractivity contribution in [3.05, 3.63) is 57.2 Å². The quantitative estimate of drug-likeness (QED) is 0.794. The Hall–Kier alpha value is -1.27. The lowest BCUT2D eigenvalue weighted by Gasteiger charge is -2.15. The summed E-state index contributed by atoms with van der Waals surface area (Å²) >= 11 is 2.27. The van der Waals surface area contributed by atoms with Crippen LogP contribution in [0.2, 0.25) is 0 Å². The molecule has 0 aliphatic carbocycles. The number of ether oxygens (including phenoxy) is 2. The first kappa shape index (κ1) is 15.1. The van der Waals surface area contributed by atoms with Crippen molar-refractivity contribution in [1.82, 2.24) is 0 Å². The van der Waals surface area contributed by atoms with Gasteiger partial charge in [-0.25, -0.2) is 0 Å². The van der Waals surface area contributed by atoms with E-state index < -0.39 is 6.10 Å². The van der Waals surface area contributed by atoms with Crippen LogP contribution in [0.15, 0.2) is 42.5 Å². The molecule has 0 aliphatic rings. The average Bonchev–Trinajstić information content (AvgIpc) is 2.46. The molecule has 106 valence electrons. The summed E-state index contributed by atoms with van der Waals surface area (Å²) < 4.78 is 12.2. The fourth-order valence-corrected chi connectivity index (χ4v) is 2.21. The molecule has 0 radical (unpaired) electrons. The third-order valence-corrected chi connectivity index (χ3v) is 3.70. The largest absolute Gasteiger partial charge is 0.497 e. The van der Waals surface area contributed by atoms with Crippen LogP contribution < -0.4 is 9.47 Å². The predicted octanol–water partition coefficient (Wildman–Crippen LogP) is 3.93. The van der Waals surface area contributed by atoms with Crippen molar-refractivity contribution >= 4 is 22.6 Å². The van der Waals surface area contributed by atoms with E-state index in [0.29, 0.717) is 18.1 Å². The number of aliphatic hydroxyl groups excluding tert-OH is 1. The van der Waals surface area contributed by atoms with Gasteiger partial charge >= 0.3 is 0 Å². The minimum absolute atomic E-state index is 0.462. The van der Waals surface area contributed by atoms with Gasteiger partial charge in [-0.2, -0.15) is 0 Å². The molecule has 1 unspecified atom stereocenters. The van der Waals surface area contributed by atoms with Gasteiger partial charge in [-0.05, 0) is 59.3 Å². The SMILES string of the molecule is COc1ccc(C(C)O)c(OCc2ccc(I)cc2)c1. The maximum atomic E-state index is 9.78. The Morgan fingerprint density at radius 1 is 1.15 bits per heavy atom. The summed E-state index contributed by atoms with van der Waals surface area (Å²) in [5.41, 5.74) is 1.85. The molecule has 2 rings (SSSR count). The molecule has 0 amide bonds. The second-order valence-corrected chi connectivity index (χ2v) is 5.74. The lowest BCUT2D eigenvalue weighted by Crippen LogP contribution is -2.01. The molecule has 0 saturated carbocycles. The van der Waals surface area contributed by atoms with E-state index in [-0.39, 0.29) is 0 Å². The van der Waals surface area contributed by atoms with Crippen molar-refractivity contribution in [2.45, 2.75) is 19.6 Å². The number of hydrogen-bond acceptors (Lipinski definition) is 3. The van der Waals surface area contributed by atoms with Gasteiger partial charge in [0, 0.05) is 15.2 Å². The van der Waals surface area contributed by atoms with Crippen molar-refractivity contribution in [2.75, 3.05) is 7.11 Å². The molecular weight excluding hydrogens is 367 g/mol. The van der Waals surface area contributed by atoms with Gasteiger partial charge < -0.3 is 14.6 Å². The lowest BCUT2D eigenvalue weighted by molar-refractivity contribution is 0.190. The van der Waals surface area contributed by atoms with Crippen LogP contribution in [0, 0.1) is 3.57 Å². The van der Waals surface area contributed by atoms with Crippen LogP contribution in [0.4, 0.5) is 0 Å². The van der Waals surface area contributed by atoms with E-state index in [0.717, 1.165) is 11.1 Å². The van der Waals surface area contributed by atoms with Gasteiger partial charge in [0.1, 0.15) is 18.1 Å². The molecule has 0 heterocycles. The zero-order valence-electron chi connectivity index (χ0n) is 11.5. The summed E-state index contributed by atoms with van der Waals surface area (Å²) in [7, 11) is 1.61. The number of halogens is 1. The van der Waals surface area contributed by atoms with E-state index in [4.69, 9.17) is 9.47 Å². The standard InChI is InChI=1S/C16H17IO3/c1-11(18)15-8-7-14(19-2)9-16(15)20-10-12-3-5-13(17)6-4-12/h3-9,11,18H,10H2,1-2H3. The van der Waals surface area contributed by atoms with E-state index in [2.05, 4.69) is 22.6 Å². The molecule has 0 saturated heterocycles. The average molecular weight is 384 g/mol. The van der Waals surface area contributed by atoms with Crippen molar-refractivity contribution in [2.24, 2.45) is 0 Å². The van der Waals surface area contributed by atoms with E-state index in [1.165, 1.54) is 3.57 Å². The van der Waals surface area contributed by atoms with Crippen LogP contribution in [-0.2, 0) is 6.61 Å². The zero-order chi connectivity index (χ0) is 14.5. The van der Waals surface area contributed by atoms with Gasteiger partial charge in [0.05, 0.1) is 13.2 Å². The Bertz CT molecular complexity index is 564. The third-order valence-electron chi connectivity index (χ3n) is 2.98. The molecule has 0 spiro atoms. The summed E-state index contributed by atoms with van der Waals surface area (Å²) in [5.74, 6) is 1.37. The predicted molar refractivity (Wildman–Crippen MR) is 87.1 cm³/mol. The van der Waals surface area contributed by atoms with Gasteiger partial charge in [0.15, 0.2) is 0 Å². The molecule has 20 heavy (non-hydrogen) atoms. The molecule has 0 aromatic heterocycles. The summed E-state index contributed by atoms with van der Waals surface area (Å²) in [6.07, 6.45) is -0.576. The molecule has 2 aromatic carbocycles. The topological polar surface area (TPSA) is 38.7 Å². The Morgan fingerprint density at radius 3 is 2.45 bits per heavy atom. The molecule has 2 aromatic rings. The van der Waals surface area contributed by atoms with E-state index in [1.807, 2.05) is 36.4 Å². The van der Waals surface area contributed by atoms with E-state index >= 15 is 0 Å². The molecule has 1 atom stereocenters. The van der Waals surface area contributed by atoms with Crippen LogP contribution in [-0.4, -0.2) is 12.2 Å². The van der Waals surface area contributed by atoms with Crippen molar-refractivity contribution in [3.8, 4) is 11.5 Å². The van der Waals surface area contributed by atoms with Crippen LogP contribution in [0.3, 0.4) is 0 Å². The van der Waals surface area contributed by atoms with Crippen LogP contribution in [0.1, 0.15) is 24.2 Å². The maximum Gasteiger partial charge on any atom is 0.129 e. The second-order valence-electron chi connectivity index (χ2n) is 4.49. The highest BCUT2D eigenvalue weighted by atomic mass is 127. The van der Waals surface area contributed by atoms with Crippen molar-refractivity contribution in [1.29, 1.82) is 0 Å². The summed E-state index contributed by atoms with van der Waals surface area (Å²) in [5, 5.41) is 9.78. The van der Waals surface area contributed by atoms with Crippen molar-refractivity contribution < 1.29 is 14.6 Å². The maximum absolute atomic E-state index is 9.78. The Morgan fingerprint density at radius 2 is 1.85 bits per heavy atom.